The molecule has 0 saturated carbocycles. The van der Waals surface area contributed by atoms with Gasteiger partial charge in [0.05, 0.1) is 18.1 Å². The lowest BCUT2D eigenvalue weighted by Gasteiger charge is -2.13. The summed E-state index contributed by atoms with van der Waals surface area (Å²) in [7, 11) is 1.57. The number of ether oxygens (including phenoxy) is 2. The number of nitrogens with one attached hydrogen (secondary N) is 1. The molecule has 0 aliphatic rings. The molecule has 4 rings (SSSR count). The van der Waals surface area contributed by atoms with Crippen molar-refractivity contribution in [2.24, 2.45) is 0 Å². The van der Waals surface area contributed by atoms with Gasteiger partial charge >= 0.3 is 0 Å². The smallest absolute Gasteiger partial charge is 0.256 e. The number of hydrogen-bond donors (Lipinski definition) is 1. The first-order valence-corrected chi connectivity index (χ1v) is 11.0. The van der Waals surface area contributed by atoms with Crippen molar-refractivity contribution in [3.63, 3.8) is 0 Å². The van der Waals surface area contributed by atoms with Gasteiger partial charge in [-0.15, -0.1) is 0 Å². The van der Waals surface area contributed by atoms with E-state index in [2.05, 4.69) is 26.3 Å². The number of anilines is 1. The van der Waals surface area contributed by atoms with Crippen LogP contribution < -0.4 is 14.8 Å². The van der Waals surface area contributed by atoms with E-state index in [1.165, 1.54) is 6.07 Å². The fourth-order valence-electron chi connectivity index (χ4n) is 3.26. The summed E-state index contributed by atoms with van der Waals surface area (Å²) in [6.45, 7) is 0.492. The Morgan fingerprint density at radius 3 is 2.61 bits per heavy atom. The highest BCUT2D eigenvalue weighted by molar-refractivity contribution is 9.10. The van der Waals surface area contributed by atoms with Crippen molar-refractivity contribution in [2.75, 3.05) is 12.4 Å². The van der Waals surface area contributed by atoms with Crippen LogP contribution in [0.25, 0.3) is 0 Å². The number of hydrogen-bond acceptors (Lipinski definition) is 4. The van der Waals surface area contributed by atoms with Crippen LogP contribution in [-0.4, -0.2) is 22.8 Å². The molecule has 0 aliphatic heterocycles. The Morgan fingerprint density at radius 2 is 1.82 bits per heavy atom. The minimum absolute atomic E-state index is 0.226. The Bertz CT molecular complexity index is 1280. The predicted molar refractivity (Wildman–Crippen MR) is 127 cm³/mol. The monoisotopic (exact) mass is 509 g/mol. The van der Waals surface area contributed by atoms with Gasteiger partial charge in [-0.25, -0.2) is 4.39 Å². The average Bonchev–Trinajstić information content (AvgIpc) is 3.26. The molecule has 4 aromatic rings. The van der Waals surface area contributed by atoms with Crippen LogP contribution in [0.3, 0.4) is 0 Å². The van der Waals surface area contributed by atoms with Crippen LogP contribution in [-0.2, 0) is 13.2 Å². The minimum atomic E-state index is -0.323. The molecule has 0 atom stereocenters. The largest absolute Gasteiger partial charge is 0.496 e. The van der Waals surface area contributed by atoms with Crippen LogP contribution in [0.4, 0.5) is 10.2 Å². The fraction of sp³-hybridized carbons (Fsp3) is 0.120. The maximum atomic E-state index is 13.9. The molecule has 0 unspecified atom stereocenters. The first kappa shape index (κ1) is 22.5. The maximum Gasteiger partial charge on any atom is 0.256 e. The number of carbonyl (C=O) groups excluding carboxylic acids is 1. The SMILES string of the molecule is COc1ccc(C(=O)Nc2ccn(Cc3ccccc3F)n2)cc1COc1ccccc1Br. The van der Waals surface area contributed by atoms with E-state index < -0.39 is 0 Å². The van der Waals surface area contributed by atoms with Crippen molar-refractivity contribution in [3.8, 4) is 11.5 Å². The third kappa shape index (κ3) is 5.59. The van der Waals surface area contributed by atoms with Gasteiger partial charge in [0.1, 0.15) is 23.9 Å². The number of benzene rings is 3. The summed E-state index contributed by atoms with van der Waals surface area (Å²) in [5, 5.41) is 7.09. The summed E-state index contributed by atoms with van der Waals surface area (Å²) >= 11 is 3.46. The highest BCUT2D eigenvalue weighted by Gasteiger charge is 2.13. The van der Waals surface area contributed by atoms with Gasteiger partial charge < -0.3 is 14.8 Å². The number of methoxy groups -OCH3 is 1. The van der Waals surface area contributed by atoms with E-state index in [-0.39, 0.29) is 24.9 Å². The standard InChI is InChI=1S/C25H21BrFN3O3/c1-32-22-11-10-17(14-19(22)16-33-23-9-5-3-7-20(23)26)25(31)28-24-12-13-30(29-24)15-18-6-2-4-8-21(18)27/h2-14H,15-16H2,1H3,(H,28,29,31). The Labute approximate surface area is 199 Å². The van der Waals surface area contributed by atoms with E-state index in [0.717, 1.165) is 10.0 Å². The van der Waals surface area contributed by atoms with Gasteiger partial charge in [-0.1, -0.05) is 30.3 Å². The highest BCUT2D eigenvalue weighted by Crippen LogP contribution is 2.27. The lowest BCUT2D eigenvalue weighted by molar-refractivity contribution is 0.102. The van der Waals surface area contributed by atoms with E-state index in [9.17, 15) is 9.18 Å². The quantitative estimate of drug-likeness (QED) is 0.332. The van der Waals surface area contributed by atoms with E-state index in [4.69, 9.17) is 9.47 Å². The molecule has 168 valence electrons. The highest BCUT2D eigenvalue weighted by atomic mass is 79.9. The van der Waals surface area contributed by atoms with Gasteiger partial charge in [0.2, 0.25) is 0 Å². The average molecular weight is 510 g/mol. The maximum absolute atomic E-state index is 13.9. The normalized spacial score (nSPS) is 10.6. The van der Waals surface area contributed by atoms with E-state index in [0.29, 0.717) is 28.4 Å². The molecule has 6 nitrogen and oxygen atoms in total. The summed E-state index contributed by atoms with van der Waals surface area (Å²) < 4.78 is 27.6. The molecule has 0 spiro atoms. The fourth-order valence-corrected chi connectivity index (χ4v) is 3.66. The van der Waals surface area contributed by atoms with Crippen LogP contribution in [0.5, 0.6) is 11.5 Å². The number of amides is 1. The first-order chi connectivity index (χ1) is 16.0. The second-order valence-electron chi connectivity index (χ2n) is 7.19. The number of carbonyl (C=O) groups is 1. The Kier molecular flexibility index (Phi) is 7.04. The topological polar surface area (TPSA) is 65.4 Å². The summed E-state index contributed by atoms with van der Waals surface area (Å²) in [6, 6.07) is 20.8. The second kappa shape index (κ2) is 10.3. The number of nitrogens with zero attached hydrogens (tertiary/aromatic N) is 2. The Balaban J connectivity index is 1.45. The van der Waals surface area contributed by atoms with Gasteiger partial charge in [0.15, 0.2) is 5.82 Å². The molecule has 0 radical (unpaired) electrons. The second-order valence-corrected chi connectivity index (χ2v) is 8.04. The van der Waals surface area contributed by atoms with Crippen molar-refractivity contribution in [1.29, 1.82) is 0 Å². The molecule has 0 fully saturated rings. The summed E-state index contributed by atoms with van der Waals surface area (Å²) in [5.41, 5.74) is 1.68. The zero-order valence-electron chi connectivity index (χ0n) is 17.8. The molecule has 0 saturated heterocycles. The Morgan fingerprint density at radius 1 is 1.03 bits per heavy atom. The zero-order valence-corrected chi connectivity index (χ0v) is 19.4. The van der Waals surface area contributed by atoms with Crippen molar-refractivity contribution in [1.82, 2.24) is 9.78 Å². The van der Waals surface area contributed by atoms with E-state index in [1.54, 1.807) is 60.5 Å². The van der Waals surface area contributed by atoms with Crippen LogP contribution in [0.15, 0.2) is 83.5 Å². The molecule has 3 aromatic carbocycles. The van der Waals surface area contributed by atoms with E-state index in [1.807, 2.05) is 24.3 Å². The van der Waals surface area contributed by atoms with Crippen molar-refractivity contribution < 1.29 is 18.7 Å². The number of halogens is 2. The molecule has 1 heterocycles. The first-order valence-electron chi connectivity index (χ1n) is 10.2. The minimum Gasteiger partial charge on any atom is -0.496 e. The number of rotatable bonds is 8. The predicted octanol–water partition coefficient (Wildman–Crippen LogP) is 5.67. The summed E-state index contributed by atoms with van der Waals surface area (Å²) in [4.78, 5) is 12.8. The van der Waals surface area contributed by atoms with E-state index >= 15 is 0 Å². The Hall–Kier alpha value is -3.65. The molecule has 0 aliphatic carbocycles. The molecular formula is C25H21BrFN3O3. The summed E-state index contributed by atoms with van der Waals surface area (Å²) in [5.74, 6) is 1.06. The third-order valence-corrected chi connectivity index (χ3v) is 5.59. The number of aromatic nitrogens is 2. The van der Waals surface area contributed by atoms with Crippen LogP contribution in [0.2, 0.25) is 0 Å². The summed E-state index contributed by atoms with van der Waals surface area (Å²) in [6.07, 6.45) is 1.69. The lowest BCUT2D eigenvalue weighted by atomic mass is 10.1. The zero-order chi connectivity index (χ0) is 23.2. The van der Waals surface area contributed by atoms with Crippen molar-refractivity contribution >= 4 is 27.7 Å². The van der Waals surface area contributed by atoms with Gasteiger partial charge in [-0.2, -0.15) is 5.10 Å². The molecule has 1 N–H and O–H groups in total. The van der Waals surface area contributed by atoms with Crippen molar-refractivity contribution in [3.05, 3.63) is 106 Å². The van der Waals surface area contributed by atoms with Gasteiger partial charge in [-0.05, 0) is 52.3 Å². The number of para-hydroxylation sites is 1. The van der Waals surface area contributed by atoms with Gasteiger partial charge in [-0.3, -0.25) is 9.48 Å². The van der Waals surface area contributed by atoms with Gasteiger partial charge in [0, 0.05) is 29.0 Å². The third-order valence-electron chi connectivity index (χ3n) is 4.93. The molecular weight excluding hydrogens is 489 g/mol. The van der Waals surface area contributed by atoms with Crippen LogP contribution in [0, 0.1) is 5.82 Å². The molecule has 1 aromatic heterocycles. The molecule has 1 amide bonds. The van der Waals surface area contributed by atoms with Gasteiger partial charge in [0.25, 0.3) is 5.91 Å². The molecule has 8 heteroatoms. The van der Waals surface area contributed by atoms with Crippen LogP contribution in [0.1, 0.15) is 21.5 Å². The lowest BCUT2D eigenvalue weighted by Crippen LogP contribution is -2.14. The molecule has 0 bridgehead atoms. The van der Waals surface area contributed by atoms with Crippen LogP contribution >= 0.6 is 15.9 Å². The molecule has 33 heavy (non-hydrogen) atoms. The van der Waals surface area contributed by atoms with Crippen molar-refractivity contribution in [2.45, 2.75) is 13.2 Å².